The molecular formula is C70H60BClN4O2. The van der Waals surface area contributed by atoms with E-state index in [0.717, 1.165) is 76.9 Å². The summed E-state index contributed by atoms with van der Waals surface area (Å²) in [5.41, 5.74) is 19.9. The molecule has 1 aliphatic heterocycles. The van der Waals surface area contributed by atoms with Gasteiger partial charge in [-0.1, -0.05) is 181 Å². The zero-order valence-corrected chi connectivity index (χ0v) is 46.1. The van der Waals surface area contributed by atoms with Crippen LogP contribution in [0.4, 0.5) is 0 Å². The molecule has 78 heavy (non-hydrogen) atoms. The number of aromatic nitrogens is 4. The number of benzene rings is 8. The molecule has 12 aromatic rings. The molecule has 13 rings (SSSR count). The normalized spacial score (nSPS) is 13.5. The van der Waals surface area contributed by atoms with Crippen LogP contribution < -0.4 is 5.46 Å². The maximum Gasteiger partial charge on any atom is 0.494 e. The fraction of sp³-hybridized carbons (Fsp3) is 0.143. The minimum absolute atomic E-state index is 0.354. The summed E-state index contributed by atoms with van der Waals surface area (Å²) < 4.78 is 12.6. The fourth-order valence-electron chi connectivity index (χ4n) is 10.1. The Morgan fingerprint density at radius 3 is 1.12 bits per heavy atom. The lowest BCUT2D eigenvalue weighted by molar-refractivity contribution is 0.00578. The van der Waals surface area contributed by atoms with Crippen LogP contribution in [0.1, 0.15) is 50.5 Å². The second-order valence-electron chi connectivity index (χ2n) is 21.2. The first-order valence-corrected chi connectivity index (χ1v) is 26.9. The smallest absolute Gasteiger partial charge is 0.399 e. The number of rotatable bonds is 6. The monoisotopic (exact) mass is 1030 g/mol. The number of hydrogen-bond acceptors (Lipinski definition) is 6. The standard InChI is InChI=1S/C32H24N2.C24H25BO2.C14H11ClN2/c1-21-13-14-25-15-16-29-30(17-22(2)34-32(29)31(25)33-21)28-19-26(23-9-5-3-6-10-23)18-27(20-28)24-11-7-4-8-12-24;1-23(2)24(3,4)27-25(26-23)22-16-20(18-11-7-5-8-12-18)15-21(17-22)19-13-9-6-10-14-19;1-8-3-4-10-5-6-11-12(15)7-9(2)17-14(11)13(10)16-8/h3-20H,1-2H3;5-17H,1-4H3;3-7H,1-2H3. The largest absolute Gasteiger partial charge is 0.494 e. The molecule has 4 aromatic heterocycles. The molecule has 0 atom stereocenters. The molecule has 6 nitrogen and oxygen atoms in total. The van der Waals surface area contributed by atoms with E-state index in [9.17, 15) is 0 Å². The Hall–Kier alpha value is -8.33. The van der Waals surface area contributed by atoms with Crippen molar-refractivity contribution < 1.29 is 9.31 Å². The van der Waals surface area contributed by atoms with Gasteiger partial charge >= 0.3 is 7.12 Å². The molecule has 8 aromatic carbocycles. The Kier molecular flexibility index (Phi) is 14.3. The highest BCUT2D eigenvalue weighted by molar-refractivity contribution is 6.62. The molecule has 0 spiro atoms. The van der Waals surface area contributed by atoms with Crippen molar-refractivity contribution in [1.29, 1.82) is 0 Å². The first-order chi connectivity index (χ1) is 37.7. The molecule has 0 saturated carbocycles. The van der Waals surface area contributed by atoms with Gasteiger partial charge in [0.05, 0.1) is 38.3 Å². The van der Waals surface area contributed by atoms with Crippen molar-refractivity contribution in [1.82, 2.24) is 19.9 Å². The maximum atomic E-state index is 6.31. The zero-order valence-electron chi connectivity index (χ0n) is 45.3. The summed E-state index contributed by atoms with van der Waals surface area (Å²) in [5.74, 6) is 0. The van der Waals surface area contributed by atoms with Crippen molar-refractivity contribution in [2.45, 2.75) is 66.6 Å². The molecule has 0 radical (unpaired) electrons. The summed E-state index contributed by atoms with van der Waals surface area (Å²) in [4.78, 5) is 18.9. The highest BCUT2D eigenvalue weighted by Gasteiger charge is 2.51. The van der Waals surface area contributed by atoms with Crippen molar-refractivity contribution >= 4 is 67.8 Å². The second-order valence-corrected chi connectivity index (χ2v) is 21.6. The maximum absolute atomic E-state index is 6.31. The van der Waals surface area contributed by atoms with Crippen LogP contribution in [0.25, 0.3) is 99.2 Å². The molecule has 5 heterocycles. The summed E-state index contributed by atoms with van der Waals surface area (Å²) in [5, 5.41) is 5.03. The number of hydrogen-bond donors (Lipinski definition) is 0. The predicted octanol–water partition coefficient (Wildman–Crippen LogP) is 17.8. The van der Waals surface area contributed by atoms with Gasteiger partial charge < -0.3 is 9.31 Å². The van der Waals surface area contributed by atoms with Gasteiger partial charge in [-0.3, -0.25) is 19.9 Å². The summed E-state index contributed by atoms with van der Waals surface area (Å²) in [6.07, 6.45) is 0. The zero-order chi connectivity index (χ0) is 54.1. The minimum atomic E-state index is -0.374. The molecule has 1 aliphatic rings. The summed E-state index contributed by atoms with van der Waals surface area (Å²) >= 11 is 6.23. The van der Waals surface area contributed by atoms with Crippen LogP contribution in [-0.2, 0) is 9.31 Å². The first-order valence-electron chi connectivity index (χ1n) is 26.6. The lowest BCUT2D eigenvalue weighted by atomic mass is 9.76. The third-order valence-corrected chi connectivity index (χ3v) is 15.2. The molecule has 1 saturated heterocycles. The summed E-state index contributed by atoms with van der Waals surface area (Å²) in [6, 6.07) is 76.3. The number of aryl methyl sites for hydroxylation is 4. The molecule has 0 amide bonds. The van der Waals surface area contributed by atoms with E-state index in [1.807, 2.05) is 57.2 Å². The molecule has 382 valence electrons. The van der Waals surface area contributed by atoms with Crippen LogP contribution in [0.3, 0.4) is 0 Å². The van der Waals surface area contributed by atoms with E-state index in [2.05, 4.69) is 227 Å². The highest BCUT2D eigenvalue weighted by atomic mass is 35.5. The molecule has 0 unspecified atom stereocenters. The Labute approximate surface area is 463 Å². The second kappa shape index (κ2) is 21.6. The van der Waals surface area contributed by atoms with Crippen LogP contribution in [0.15, 0.2) is 218 Å². The van der Waals surface area contributed by atoms with Gasteiger partial charge in [0.1, 0.15) is 0 Å². The minimum Gasteiger partial charge on any atom is -0.399 e. The van der Waals surface area contributed by atoms with Crippen molar-refractivity contribution in [3.63, 3.8) is 0 Å². The molecule has 1 fully saturated rings. The van der Waals surface area contributed by atoms with E-state index in [0.29, 0.717) is 0 Å². The van der Waals surface area contributed by atoms with Crippen molar-refractivity contribution in [2.24, 2.45) is 0 Å². The van der Waals surface area contributed by atoms with Crippen molar-refractivity contribution in [3.05, 3.63) is 246 Å². The Morgan fingerprint density at radius 2 is 0.679 bits per heavy atom. The number of pyridine rings is 4. The van der Waals surface area contributed by atoms with E-state index in [-0.39, 0.29) is 18.3 Å². The summed E-state index contributed by atoms with van der Waals surface area (Å²) in [6.45, 7) is 16.4. The Morgan fingerprint density at radius 1 is 0.333 bits per heavy atom. The number of halogens is 1. The van der Waals surface area contributed by atoms with E-state index in [1.54, 1.807) is 0 Å². The average Bonchev–Trinajstić information content (AvgIpc) is 3.77. The van der Waals surface area contributed by atoms with Crippen LogP contribution in [-0.4, -0.2) is 38.3 Å². The van der Waals surface area contributed by atoms with Crippen LogP contribution in [0.2, 0.25) is 5.02 Å². The van der Waals surface area contributed by atoms with E-state index >= 15 is 0 Å². The molecule has 8 heteroatoms. The van der Waals surface area contributed by atoms with Gasteiger partial charge in [-0.05, 0) is 165 Å². The lowest BCUT2D eigenvalue weighted by Crippen LogP contribution is -2.41. The summed E-state index contributed by atoms with van der Waals surface area (Å²) in [7, 11) is -0.374. The van der Waals surface area contributed by atoms with E-state index in [1.165, 1.54) is 55.6 Å². The van der Waals surface area contributed by atoms with Crippen LogP contribution in [0, 0.1) is 27.7 Å². The third-order valence-electron chi connectivity index (χ3n) is 14.9. The predicted molar refractivity (Wildman–Crippen MR) is 327 cm³/mol. The quantitative estimate of drug-likeness (QED) is 0.122. The van der Waals surface area contributed by atoms with Gasteiger partial charge in [0, 0.05) is 44.3 Å². The lowest BCUT2D eigenvalue weighted by Gasteiger charge is -2.32. The average molecular weight is 1040 g/mol. The molecule has 0 N–H and O–H groups in total. The Balaban J connectivity index is 0.000000131. The van der Waals surface area contributed by atoms with Gasteiger partial charge in [-0.15, -0.1) is 0 Å². The van der Waals surface area contributed by atoms with Gasteiger partial charge in [0.25, 0.3) is 0 Å². The molecule has 0 bridgehead atoms. The molecule has 0 aliphatic carbocycles. The SMILES string of the molecule is CC1(C)OB(c2cc(-c3ccccc3)cc(-c3ccccc3)c2)OC1(C)C.Cc1ccc2ccc3c(-c4cc(-c5ccccc5)cc(-c5ccccc5)c4)cc(C)nc3c2n1.Cc1ccc2ccc3c(Cl)cc(C)nc3c2n1. The molecular weight excluding hydrogens is 975 g/mol. The highest BCUT2D eigenvalue weighted by Crippen LogP contribution is 2.39. The van der Waals surface area contributed by atoms with Crippen LogP contribution in [0.5, 0.6) is 0 Å². The van der Waals surface area contributed by atoms with Gasteiger partial charge in [-0.2, -0.15) is 0 Å². The number of fused-ring (bicyclic) bond motifs is 6. The number of nitrogens with zero attached hydrogens (tertiary/aromatic N) is 4. The van der Waals surface area contributed by atoms with Gasteiger partial charge in [-0.25, -0.2) is 0 Å². The third kappa shape index (κ3) is 10.8. The first kappa shape index (κ1) is 51.8. The van der Waals surface area contributed by atoms with E-state index in [4.69, 9.17) is 30.9 Å². The topological polar surface area (TPSA) is 70.0 Å². The van der Waals surface area contributed by atoms with Gasteiger partial charge in [0.15, 0.2) is 0 Å². The Bertz CT molecular complexity index is 4020. The van der Waals surface area contributed by atoms with Crippen LogP contribution >= 0.6 is 11.6 Å². The van der Waals surface area contributed by atoms with Gasteiger partial charge in [0.2, 0.25) is 0 Å². The fourth-order valence-corrected chi connectivity index (χ4v) is 10.4. The van der Waals surface area contributed by atoms with E-state index < -0.39 is 0 Å². The van der Waals surface area contributed by atoms with Crippen molar-refractivity contribution in [3.8, 4) is 55.6 Å². The van der Waals surface area contributed by atoms with Crippen molar-refractivity contribution in [2.75, 3.05) is 0 Å².